The van der Waals surface area contributed by atoms with Gasteiger partial charge in [0.25, 0.3) is 0 Å². The van der Waals surface area contributed by atoms with Gasteiger partial charge < -0.3 is 15.7 Å². The molecule has 2 heterocycles. The molecule has 3 rings (SSSR count). The summed E-state index contributed by atoms with van der Waals surface area (Å²) in [6, 6.07) is 5.68. The van der Waals surface area contributed by atoms with Gasteiger partial charge in [-0.3, -0.25) is 15.2 Å². The Morgan fingerprint density at radius 2 is 1.90 bits per heavy atom. The van der Waals surface area contributed by atoms with E-state index in [4.69, 9.17) is 0 Å². The molecule has 3 amide bonds. The number of hydrogen-bond acceptors (Lipinski definition) is 5. The van der Waals surface area contributed by atoms with Gasteiger partial charge in [0, 0.05) is 19.2 Å². The Morgan fingerprint density at radius 1 is 1.21 bits per heavy atom. The van der Waals surface area contributed by atoms with E-state index < -0.39 is 23.5 Å². The minimum Gasteiger partial charge on any atom is -0.388 e. The van der Waals surface area contributed by atoms with Crippen molar-refractivity contribution in [2.45, 2.75) is 32.4 Å². The molecule has 1 unspecified atom stereocenters. The molecule has 0 saturated heterocycles. The van der Waals surface area contributed by atoms with Crippen LogP contribution in [0.3, 0.4) is 0 Å². The monoisotopic (exact) mass is 400 g/mol. The highest BCUT2D eigenvalue weighted by molar-refractivity contribution is 5.99. The molecule has 0 saturated carbocycles. The fraction of sp³-hybridized carbons (Fsp3) is 0.263. The Morgan fingerprint density at radius 3 is 2.52 bits per heavy atom. The fourth-order valence-corrected chi connectivity index (χ4v) is 2.85. The number of aromatic nitrogens is 3. The van der Waals surface area contributed by atoms with Crippen LogP contribution in [0, 0.1) is 5.82 Å². The first kappa shape index (κ1) is 20.2. The van der Waals surface area contributed by atoms with E-state index in [1.165, 1.54) is 37.4 Å². The van der Waals surface area contributed by atoms with Crippen molar-refractivity contribution in [3.8, 4) is 0 Å². The summed E-state index contributed by atoms with van der Waals surface area (Å²) in [7, 11) is 0. The number of amides is 3. The second-order valence-corrected chi connectivity index (χ2v) is 7.11. The number of carbonyl (C=O) groups excluding carboxylic acids is 2. The normalized spacial score (nSPS) is 12.4. The fourth-order valence-electron chi connectivity index (χ4n) is 2.85. The summed E-state index contributed by atoms with van der Waals surface area (Å²) in [4.78, 5) is 27.8. The highest BCUT2D eigenvalue weighted by Gasteiger charge is 2.30. The van der Waals surface area contributed by atoms with Crippen LogP contribution in [0.4, 0.5) is 20.8 Å². The van der Waals surface area contributed by atoms with Crippen LogP contribution in [0.1, 0.15) is 32.4 Å². The van der Waals surface area contributed by atoms with E-state index in [9.17, 15) is 19.1 Å². The molecule has 10 heteroatoms. The molecule has 0 aliphatic rings. The third-order valence-electron chi connectivity index (χ3n) is 4.17. The molecule has 0 aliphatic heterocycles. The first-order valence-electron chi connectivity index (χ1n) is 8.80. The zero-order chi connectivity index (χ0) is 21.2. The molecule has 0 aliphatic carbocycles. The summed E-state index contributed by atoms with van der Waals surface area (Å²) < 4.78 is 13.2. The lowest BCUT2D eigenvalue weighted by Crippen LogP contribution is -2.43. The van der Waals surface area contributed by atoms with Gasteiger partial charge in [0.1, 0.15) is 11.6 Å². The van der Waals surface area contributed by atoms with Crippen LogP contribution in [0.25, 0.3) is 10.9 Å². The van der Waals surface area contributed by atoms with Crippen LogP contribution < -0.4 is 16.0 Å². The first-order chi connectivity index (χ1) is 13.6. The molecule has 0 spiro atoms. The van der Waals surface area contributed by atoms with Crippen LogP contribution in [0.15, 0.2) is 36.5 Å². The van der Waals surface area contributed by atoms with Crippen molar-refractivity contribution >= 4 is 34.5 Å². The van der Waals surface area contributed by atoms with Crippen molar-refractivity contribution in [2.24, 2.45) is 0 Å². The Balaban J connectivity index is 1.76. The van der Waals surface area contributed by atoms with Crippen LogP contribution in [-0.4, -0.2) is 37.8 Å². The predicted molar refractivity (Wildman–Crippen MR) is 106 cm³/mol. The van der Waals surface area contributed by atoms with E-state index in [-0.39, 0.29) is 11.7 Å². The molecule has 29 heavy (non-hydrogen) atoms. The topological polar surface area (TPSA) is 132 Å². The van der Waals surface area contributed by atoms with Gasteiger partial charge in [0.05, 0.1) is 22.5 Å². The summed E-state index contributed by atoms with van der Waals surface area (Å²) in [6.45, 7) is 4.45. The lowest BCUT2D eigenvalue weighted by atomic mass is 9.92. The van der Waals surface area contributed by atoms with E-state index in [1.54, 1.807) is 19.9 Å². The molecule has 1 aromatic carbocycles. The smallest absolute Gasteiger partial charge is 0.320 e. The summed E-state index contributed by atoms with van der Waals surface area (Å²) in [5.41, 5.74) is -0.189. The first-order valence-corrected chi connectivity index (χ1v) is 8.80. The highest BCUT2D eigenvalue weighted by Crippen LogP contribution is 2.26. The average Bonchev–Trinajstić information content (AvgIpc) is 3.01. The van der Waals surface area contributed by atoms with E-state index >= 15 is 0 Å². The number of hydrogen-bond donors (Lipinski definition) is 5. The van der Waals surface area contributed by atoms with Gasteiger partial charge in [-0.15, -0.1) is 0 Å². The molecule has 152 valence electrons. The Labute approximate surface area is 165 Å². The van der Waals surface area contributed by atoms with E-state index in [0.717, 1.165) is 0 Å². The molecule has 1 atom stereocenters. The van der Waals surface area contributed by atoms with Crippen LogP contribution in [0.5, 0.6) is 0 Å². The number of urea groups is 1. The van der Waals surface area contributed by atoms with Gasteiger partial charge in [-0.05, 0) is 31.5 Å². The summed E-state index contributed by atoms with van der Waals surface area (Å²) >= 11 is 0. The number of rotatable bonds is 5. The zero-order valence-corrected chi connectivity index (χ0v) is 16.1. The number of halogens is 1. The predicted octanol–water partition coefficient (Wildman–Crippen LogP) is 2.69. The third kappa shape index (κ3) is 4.85. The SMILES string of the molecule is CC(=O)Nc1n[nH]c2cc(NC(=O)NC(c3ccc(F)cc3)C(C)(C)O)ncc12. The molecule has 0 radical (unpaired) electrons. The van der Waals surface area contributed by atoms with Crippen molar-refractivity contribution in [1.82, 2.24) is 20.5 Å². The third-order valence-corrected chi connectivity index (χ3v) is 4.17. The molecule has 0 fully saturated rings. The van der Waals surface area contributed by atoms with Gasteiger partial charge in [-0.2, -0.15) is 5.10 Å². The van der Waals surface area contributed by atoms with Gasteiger partial charge >= 0.3 is 6.03 Å². The lowest BCUT2D eigenvalue weighted by Gasteiger charge is -2.30. The number of H-pyrrole nitrogens is 1. The van der Waals surface area contributed by atoms with Crippen molar-refractivity contribution in [3.05, 3.63) is 47.9 Å². The van der Waals surface area contributed by atoms with E-state index in [1.807, 2.05) is 0 Å². The van der Waals surface area contributed by atoms with Crippen molar-refractivity contribution < 1.29 is 19.1 Å². The lowest BCUT2D eigenvalue weighted by molar-refractivity contribution is -0.114. The van der Waals surface area contributed by atoms with Crippen LogP contribution >= 0.6 is 0 Å². The molecule has 3 aromatic rings. The maximum absolute atomic E-state index is 13.2. The number of nitrogens with zero attached hydrogens (tertiary/aromatic N) is 2. The standard InChI is InChI=1S/C19H21FN6O3/c1-10(27)22-17-13-9-21-15(8-14(13)25-26-17)23-18(28)24-16(19(2,3)29)11-4-6-12(20)7-5-11/h4-9,16,29H,1-3H3,(H2,21,23,24,28)(H2,22,25,26,27). The number of aliphatic hydroxyl groups is 1. The number of pyridine rings is 1. The average molecular weight is 400 g/mol. The second kappa shape index (κ2) is 7.84. The highest BCUT2D eigenvalue weighted by atomic mass is 19.1. The molecule has 9 nitrogen and oxygen atoms in total. The van der Waals surface area contributed by atoms with Crippen LogP contribution in [0.2, 0.25) is 0 Å². The van der Waals surface area contributed by atoms with Gasteiger partial charge in [0.15, 0.2) is 5.82 Å². The van der Waals surface area contributed by atoms with Crippen molar-refractivity contribution in [3.63, 3.8) is 0 Å². The van der Waals surface area contributed by atoms with Crippen molar-refractivity contribution in [1.29, 1.82) is 0 Å². The molecular weight excluding hydrogens is 379 g/mol. The largest absolute Gasteiger partial charge is 0.388 e. The summed E-state index contributed by atoms with van der Waals surface area (Å²) in [6.07, 6.45) is 1.47. The molecule has 5 N–H and O–H groups in total. The number of carbonyl (C=O) groups is 2. The second-order valence-electron chi connectivity index (χ2n) is 7.11. The zero-order valence-electron chi connectivity index (χ0n) is 16.1. The Hall–Kier alpha value is -3.53. The number of aromatic amines is 1. The van der Waals surface area contributed by atoms with E-state index in [2.05, 4.69) is 31.1 Å². The maximum atomic E-state index is 13.2. The van der Waals surface area contributed by atoms with Crippen LogP contribution in [-0.2, 0) is 4.79 Å². The Bertz CT molecular complexity index is 1040. The maximum Gasteiger partial charge on any atom is 0.320 e. The number of fused-ring (bicyclic) bond motifs is 1. The quantitative estimate of drug-likeness (QED) is 0.449. The molecule has 2 aromatic heterocycles. The van der Waals surface area contributed by atoms with E-state index in [0.29, 0.717) is 22.3 Å². The van der Waals surface area contributed by atoms with Gasteiger partial charge in [-0.1, -0.05) is 12.1 Å². The summed E-state index contributed by atoms with van der Waals surface area (Å²) in [5, 5.41) is 25.6. The summed E-state index contributed by atoms with van der Waals surface area (Å²) in [5.74, 6) is -0.0992. The Kier molecular flexibility index (Phi) is 5.46. The minimum absolute atomic E-state index is 0.238. The number of nitrogens with one attached hydrogen (secondary N) is 4. The number of benzene rings is 1. The minimum atomic E-state index is -1.30. The van der Waals surface area contributed by atoms with Crippen molar-refractivity contribution in [2.75, 3.05) is 10.6 Å². The number of anilines is 2. The van der Waals surface area contributed by atoms with Gasteiger partial charge in [0.2, 0.25) is 5.91 Å². The molecular formula is C19H21FN6O3. The molecule has 0 bridgehead atoms. The van der Waals surface area contributed by atoms with Gasteiger partial charge in [-0.25, -0.2) is 14.2 Å².